The SMILES string of the molecule is COc1ccc(CNC(=O)Cn2c(SCC(=O)N(C)C)nc3ccccc32)cc1. The molecule has 0 spiro atoms. The lowest BCUT2D eigenvalue weighted by molar-refractivity contribution is -0.126. The van der Waals surface area contributed by atoms with Crippen molar-refractivity contribution in [2.45, 2.75) is 18.2 Å². The third kappa shape index (κ3) is 5.29. The number of hydrogen-bond acceptors (Lipinski definition) is 5. The van der Waals surface area contributed by atoms with Crippen LogP contribution in [-0.2, 0) is 22.7 Å². The number of para-hydroxylation sites is 2. The molecule has 1 heterocycles. The van der Waals surface area contributed by atoms with Crippen LogP contribution in [0.25, 0.3) is 11.0 Å². The molecular formula is C21H24N4O3S. The van der Waals surface area contributed by atoms with Crippen LogP contribution in [0.1, 0.15) is 5.56 Å². The molecule has 7 nitrogen and oxygen atoms in total. The van der Waals surface area contributed by atoms with Crippen molar-refractivity contribution in [2.24, 2.45) is 0 Å². The standard InChI is InChI=1S/C21H24N4O3S/c1-24(2)20(27)14-29-21-23-17-6-4-5-7-18(17)25(21)13-19(26)22-12-15-8-10-16(28-3)11-9-15/h4-11H,12-14H2,1-3H3,(H,22,26). The summed E-state index contributed by atoms with van der Waals surface area (Å²) in [4.78, 5) is 30.7. The van der Waals surface area contributed by atoms with Crippen molar-refractivity contribution in [3.8, 4) is 5.75 Å². The monoisotopic (exact) mass is 412 g/mol. The first-order valence-corrected chi connectivity index (χ1v) is 10.1. The third-order valence-electron chi connectivity index (χ3n) is 4.39. The molecule has 0 saturated carbocycles. The Morgan fingerprint density at radius 1 is 1.14 bits per heavy atom. The van der Waals surface area contributed by atoms with Gasteiger partial charge in [-0.25, -0.2) is 4.98 Å². The Bertz CT molecular complexity index is 999. The molecule has 0 fully saturated rings. The summed E-state index contributed by atoms with van der Waals surface area (Å²) >= 11 is 1.34. The summed E-state index contributed by atoms with van der Waals surface area (Å²) in [5, 5.41) is 3.59. The zero-order valence-corrected chi connectivity index (χ0v) is 17.5. The Balaban J connectivity index is 1.70. The summed E-state index contributed by atoms with van der Waals surface area (Å²) < 4.78 is 7.00. The van der Waals surface area contributed by atoms with E-state index in [2.05, 4.69) is 10.3 Å². The van der Waals surface area contributed by atoms with E-state index in [-0.39, 0.29) is 24.1 Å². The maximum absolute atomic E-state index is 12.6. The van der Waals surface area contributed by atoms with Gasteiger partial charge >= 0.3 is 0 Å². The number of thioether (sulfide) groups is 1. The highest BCUT2D eigenvalue weighted by Crippen LogP contribution is 2.24. The van der Waals surface area contributed by atoms with Crippen LogP contribution in [0.2, 0.25) is 0 Å². The van der Waals surface area contributed by atoms with Gasteiger partial charge in [0.2, 0.25) is 11.8 Å². The minimum absolute atomic E-state index is 0.00226. The molecular weight excluding hydrogens is 388 g/mol. The number of nitrogens with zero attached hydrogens (tertiary/aromatic N) is 3. The third-order valence-corrected chi connectivity index (χ3v) is 5.35. The number of carbonyl (C=O) groups excluding carboxylic acids is 2. The zero-order valence-electron chi connectivity index (χ0n) is 16.7. The number of hydrogen-bond donors (Lipinski definition) is 1. The van der Waals surface area contributed by atoms with E-state index in [0.717, 1.165) is 22.3 Å². The molecule has 3 aromatic rings. The summed E-state index contributed by atoms with van der Waals surface area (Å²) in [6, 6.07) is 15.2. The highest BCUT2D eigenvalue weighted by molar-refractivity contribution is 7.99. The number of fused-ring (bicyclic) bond motifs is 1. The lowest BCUT2D eigenvalue weighted by atomic mass is 10.2. The van der Waals surface area contributed by atoms with Gasteiger partial charge in [-0.2, -0.15) is 0 Å². The van der Waals surface area contributed by atoms with Gasteiger partial charge in [-0.05, 0) is 29.8 Å². The number of nitrogens with one attached hydrogen (secondary N) is 1. The normalized spacial score (nSPS) is 10.7. The fourth-order valence-corrected chi connectivity index (χ4v) is 3.71. The Kier molecular flexibility index (Phi) is 6.77. The van der Waals surface area contributed by atoms with Crippen LogP contribution in [0, 0.1) is 0 Å². The van der Waals surface area contributed by atoms with E-state index >= 15 is 0 Å². The van der Waals surface area contributed by atoms with Crippen molar-refractivity contribution in [3.05, 3.63) is 54.1 Å². The molecule has 29 heavy (non-hydrogen) atoms. The van der Waals surface area contributed by atoms with Crippen molar-refractivity contribution in [1.29, 1.82) is 0 Å². The fourth-order valence-electron chi connectivity index (χ4n) is 2.72. The number of methoxy groups -OCH3 is 1. The largest absolute Gasteiger partial charge is 0.497 e. The van der Waals surface area contributed by atoms with Gasteiger partial charge in [-0.15, -0.1) is 0 Å². The summed E-state index contributed by atoms with van der Waals surface area (Å²) in [6.45, 7) is 0.562. The van der Waals surface area contributed by atoms with Gasteiger partial charge in [0.25, 0.3) is 0 Å². The minimum Gasteiger partial charge on any atom is -0.497 e. The molecule has 2 amide bonds. The molecule has 1 N–H and O–H groups in total. The molecule has 8 heteroatoms. The Morgan fingerprint density at radius 3 is 2.55 bits per heavy atom. The number of imidazole rings is 1. The Labute approximate surface area is 174 Å². The number of rotatable bonds is 8. The van der Waals surface area contributed by atoms with Crippen LogP contribution in [0.4, 0.5) is 0 Å². The van der Waals surface area contributed by atoms with Gasteiger partial charge in [0, 0.05) is 20.6 Å². The minimum atomic E-state index is -0.121. The topological polar surface area (TPSA) is 76.5 Å². The first-order valence-electron chi connectivity index (χ1n) is 9.16. The number of carbonyl (C=O) groups is 2. The Morgan fingerprint density at radius 2 is 1.86 bits per heavy atom. The van der Waals surface area contributed by atoms with Gasteiger partial charge in [0.1, 0.15) is 12.3 Å². The number of benzene rings is 2. The van der Waals surface area contributed by atoms with Crippen LogP contribution >= 0.6 is 11.8 Å². The smallest absolute Gasteiger partial charge is 0.240 e. The summed E-state index contributed by atoms with van der Waals surface area (Å²) in [7, 11) is 5.06. The molecule has 1 aromatic heterocycles. The second-order valence-electron chi connectivity index (χ2n) is 6.67. The number of ether oxygens (including phenoxy) is 1. The summed E-state index contributed by atoms with van der Waals surface area (Å²) in [5.41, 5.74) is 2.66. The van der Waals surface area contributed by atoms with E-state index in [4.69, 9.17) is 4.74 Å². The molecule has 0 aliphatic heterocycles. The summed E-state index contributed by atoms with van der Waals surface area (Å²) in [5.74, 6) is 0.922. The van der Waals surface area contributed by atoms with Gasteiger partial charge in [0.05, 0.1) is 23.9 Å². The molecule has 0 saturated heterocycles. The molecule has 3 rings (SSSR count). The maximum Gasteiger partial charge on any atom is 0.240 e. The Hall–Kier alpha value is -3.00. The highest BCUT2D eigenvalue weighted by Gasteiger charge is 2.16. The molecule has 152 valence electrons. The van der Waals surface area contributed by atoms with Crippen LogP contribution in [0.5, 0.6) is 5.75 Å². The second-order valence-corrected chi connectivity index (χ2v) is 7.61. The van der Waals surface area contributed by atoms with Crippen molar-refractivity contribution < 1.29 is 14.3 Å². The van der Waals surface area contributed by atoms with Crippen LogP contribution in [0.15, 0.2) is 53.7 Å². The zero-order chi connectivity index (χ0) is 20.8. The second kappa shape index (κ2) is 9.47. The van der Waals surface area contributed by atoms with Gasteiger partial charge in [-0.1, -0.05) is 36.0 Å². The van der Waals surface area contributed by atoms with Crippen molar-refractivity contribution in [3.63, 3.8) is 0 Å². The van der Waals surface area contributed by atoms with Crippen molar-refractivity contribution in [1.82, 2.24) is 19.8 Å². The van der Waals surface area contributed by atoms with Crippen molar-refractivity contribution in [2.75, 3.05) is 27.0 Å². The first kappa shape index (κ1) is 20.7. The lowest BCUT2D eigenvalue weighted by Crippen LogP contribution is -2.27. The van der Waals surface area contributed by atoms with E-state index in [9.17, 15) is 9.59 Å². The highest BCUT2D eigenvalue weighted by atomic mass is 32.2. The fraction of sp³-hybridized carbons (Fsp3) is 0.286. The van der Waals surface area contributed by atoms with E-state index < -0.39 is 0 Å². The molecule has 0 bridgehead atoms. The van der Waals surface area contributed by atoms with Gasteiger partial charge in [0.15, 0.2) is 5.16 Å². The lowest BCUT2D eigenvalue weighted by Gasteiger charge is -2.12. The predicted octanol–water partition coefficient (Wildman–Crippen LogP) is 2.54. The van der Waals surface area contributed by atoms with E-state index in [0.29, 0.717) is 11.7 Å². The van der Waals surface area contributed by atoms with E-state index in [1.165, 1.54) is 11.8 Å². The molecule has 0 atom stereocenters. The average molecular weight is 413 g/mol. The van der Waals surface area contributed by atoms with Crippen molar-refractivity contribution >= 4 is 34.6 Å². The molecule has 0 aliphatic rings. The van der Waals surface area contributed by atoms with Crippen LogP contribution in [0.3, 0.4) is 0 Å². The van der Waals surface area contributed by atoms with Gasteiger partial charge < -0.3 is 19.5 Å². The first-order chi connectivity index (χ1) is 14.0. The molecule has 2 aromatic carbocycles. The molecule has 0 radical (unpaired) electrons. The van der Waals surface area contributed by atoms with Crippen LogP contribution in [-0.4, -0.2) is 53.2 Å². The maximum atomic E-state index is 12.6. The van der Waals surface area contributed by atoms with Gasteiger partial charge in [-0.3, -0.25) is 9.59 Å². The molecule has 0 aliphatic carbocycles. The van der Waals surface area contributed by atoms with Crippen LogP contribution < -0.4 is 10.1 Å². The van der Waals surface area contributed by atoms with E-state index in [1.807, 2.05) is 53.1 Å². The molecule has 0 unspecified atom stereocenters. The summed E-state index contributed by atoms with van der Waals surface area (Å²) in [6.07, 6.45) is 0. The number of aromatic nitrogens is 2. The number of amides is 2. The average Bonchev–Trinajstić information content (AvgIpc) is 3.08. The van der Waals surface area contributed by atoms with E-state index in [1.54, 1.807) is 26.1 Å². The quantitative estimate of drug-likeness (QED) is 0.576. The predicted molar refractivity (Wildman–Crippen MR) is 114 cm³/mol.